The van der Waals surface area contributed by atoms with Gasteiger partial charge >= 0.3 is 6.03 Å². The van der Waals surface area contributed by atoms with Gasteiger partial charge in [-0.05, 0) is 25.0 Å². The van der Waals surface area contributed by atoms with Crippen LogP contribution in [0.3, 0.4) is 0 Å². The van der Waals surface area contributed by atoms with E-state index in [1.54, 1.807) is 24.3 Å². The Morgan fingerprint density at radius 3 is 2.09 bits per heavy atom. The van der Waals surface area contributed by atoms with Crippen LogP contribution in [0.25, 0.3) is 0 Å². The number of rotatable bonds is 7. The molecule has 1 aliphatic rings. The van der Waals surface area contributed by atoms with Crippen molar-refractivity contribution >= 4 is 17.8 Å². The normalized spacial score (nSPS) is 13.2. The number of hydrogen-bond donors (Lipinski definition) is 3. The fourth-order valence-electron chi connectivity index (χ4n) is 2.22. The average Bonchev–Trinajstić information content (AvgIpc) is 2.77. The van der Waals surface area contributed by atoms with Crippen molar-refractivity contribution in [2.75, 3.05) is 26.2 Å². The highest BCUT2D eigenvalue weighted by Gasteiger charge is 2.34. The molecule has 2 rings (SSSR count). The number of hydrogen-bond acceptors (Lipinski definition) is 4. The van der Waals surface area contributed by atoms with E-state index in [0.29, 0.717) is 37.1 Å². The topological polar surface area (TPSA) is 98.7 Å². The molecule has 0 aliphatic carbocycles. The summed E-state index contributed by atoms with van der Waals surface area (Å²) in [5.41, 5.74) is 0.865. The Labute approximate surface area is 128 Å². The molecule has 0 bridgehead atoms. The maximum atomic E-state index is 12.1. The predicted molar refractivity (Wildman–Crippen MR) is 79.5 cm³/mol. The molecule has 0 aromatic heterocycles. The maximum absolute atomic E-state index is 12.1. The number of benzene rings is 1. The summed E-state index contributed by atoms with van der Waals surface area (Å²) in [6.07, 6.45) is 0.987. The molecule has 0 radical (unpaired) electrons. The number of aliphatic hydroxyl groups is 1. The van der Waals surface area contributed by atoms with Gasteiger partial charge in [0.15, 0.2) is 0 Å². The molecule has 0 spiro atoms. The minimum absolute atomic E-state index is 0.0278. The zero-order valence-corrected chi connectivity index (χ0v) is 12.2. The molecular weight excluding hydrogens is 286 g/mol. The minimum Gasteiger partial charge on any atom is -0.396 e. The van der Waals surface area contributed by atoms with E-state index < -0.39 is 0 Å². The number of carbonyl (C=O) groups is 3. The molecule has 0 atom stereocenters. The Hall–Kier alpha value is -2.41. The Morgan fingerprint density at radius 1 is 1.00 bits per heavy atom. The molecule has 1 aromatic rings. The van der Waals surface area contributed by atoms with Crippen LogP contribution in [0.2, 0.25) is 0 Å². The van der Waals surface area contributed by atoms with Crippen LogP contribution in [0.1, 0.15) is 33.6 Å². The summed E-state index contributed by atoms with van der Waals surface area (Å²) in [6, 6.07) is 6.42. The molecular formula is C15H19N3O4. The number of aliphatic hydroxyl groups excluding tert-OH is 1. The van der Waals surface area contributed by atoms with Crippen molar-refractivity contribution in [3.63, 3.8) is 0 Å². The first-order valence-electron chi connectivity index (χ1n) is 7.23. The Balaban J connectivity index is 1.74. The van der Waals surface area contributed by atoms with Crippen LogP contribution in [-0.2, 0) is 0 Å². The van der Waals surface area contributed by atoms with Crippen molar-refractivity contribution in [2.24, 2.45) is 0 Å². The lowest BCUT2D eigenvalue weighted by Crippen LogP contribution is -2.38. The van der Waals surface area contributed by atoms with Crippen molar-refractivity contribution in [1.29, 1.82) is 0 Å². The van der Waals surface area contributed by atoms with Gasteiger partial charge in [0.25, 0.3) is 11.8 Å². The van der Waals surface area contributed by atoms with Gasteiger partial charge in [0.2, 0.25) is 0 Å². The van der Waals surface area contributed by atoms with Gasteiger partial charge in [-0.3, -0.25) is 14.5 Å². The summed E-state index contributed by atoms with van der Waals surface area (Å²) in [6.45, 7) is 1.06. The van der Waals surface area contributed by atoms with Gasteiger partial charge in [0.05, 0.1) is 11.1 Å². The monoisotopic (exact) mass is 305 g/mol. The lowest BCUT2D eigenvalue weighted by molar-refractivity contribution is 0.0653. The molecule has 1 heterocycles. The van der Waals surface area contributed by atoms with E-state index in [1.807, 2.05) is 0 Å². The molecule has 0 fully saturated rings. The number of nitrogens with one attached hydrogen (secondary N) is 2. The summed E-state index contributed by atoms with van der Waals surface area (Å²) in [7, 11) is 0. The highest BCUT2D eigenvalue weighted by Crippen LogP contribution is 2.22. The predicted octanol–water partition coefficient (Wildman–Crippen LogP) is 0.354. The molecule has 0 saturated carbocycles. The van der Waals surface area contributed by atoms with Gasteiger partial charge in [0.1, 0.15) is 0 Å². The zero-order valence-electron chi connectivity index (χ0n) is 12.2. The molecule has 0 saturated heterocycles. The summed E-state index contributed by atoms with van der Waals surface area (Å²) < 4.78 is 0. The van der Waals surface area contributed by atoms with Gasteiger partial charge < -0.3 is 15.7 Å². The highest BCUT2D eigenvalue weighted by molar-refractivity contribution is 6.21. The van der Waals surface area contributed by atoms with Crippen LogP contribution in [0.4, 0.5) is 4.79 Å². The van der Waals surface area contributed by atoms with Gasteiger partial charge in [-0.25, -0.2) is 4.79 Å². The van der Waals surface area contributed by atoms with E-state index in [0.717, 1.165) is 0 Å². The first-order chi connectivity index (χ1) is 10.6. The first-order valence-corrected chi connectivity index (χ1v) is 7.23. The quantitative estimate of drug-likeness (QED) is 0.500. The average molecular weight is 305 g/mol. The second kappa shape index (κ2) is 7.56. The molecule has 7 heteroatoms. The highest BCUT2D eigenvalue weighted by atomic mass is 16.3. The largest absolute Gasteiger partial charge is 0.396 e. The van der Waals surface area contributed by atoms with E-state index in [4.69, 9.17) is 5.11 Å². The summed E-state index contributed by atoms with van der Waals surface area (Å²) in [5.74, 6) is -0.569. The zero-order chi connectivity index (χ0) is 15.9. The van der Waals surface area contributed by atoms with E-state index in [2.05, 4.69) is 10.6 Å². The van der Waals surface area contributed by atoms with E-state index in [9.17, 15) is 14.4 Å². The summed E-state index contributed by atoms with van der Waals surface area (Å²) in [5, 5.41) is 13.8. The van der Waals surface area contributed by atoms with Crippen molar-refractivity contribution in [2.45, 2.75) is 12.8 Å². The molecule has 22 heavy (non-hydrogen) atoms. The lowest BCUT2D eigenvalue weighted by atomic mass is 10.1. The van der Waals surface area contributed by atoms with Crippen molar-refractivity contribution in [3.05, 3.63) is 35.4 Å². The molecule has 3 N–H and O–H groups in total. The van der Waals surface area contributed by atoms with Crippen LogP contribution in [0.5, 0.6) is 0 Å². The fraction of sp³-hybridized carbons (Fsp3) is 0.400. The molecule has 118 valence electrons. The van der Waals surface area contributed by atoms with E-state index in [-0.39, 0.29) is 31.0 Å². The second-order valence-electron chi connectivity index (χ2n) is 4.92. The number of fused-ring (bicyclic) bond motifs is 1. The Kier molecular flexibility index (Phi) is 5.48. The second-order valence-corrected chi connectivity index (χ2v) is 4.92. The molecule has 1 aromatic carbocycles. The van der Waals surface area contributed by atoms with Crippen molar-refractivity contribution in [1.82, 2.24) is 15.5 Å². The van der Waals surface area contributed by atoms with Crippen molar-refractivity contribution < 1.29 is 19.5 Å². The minimum atomic E-state index is -0.323. The summed E-state index contributed by atoms with van der Waals surface area (Å²) >= 11 is 0. The van der Waals surface area contributed by atoms with Gasteiger partial charge in [0, 0.05) is 26.2 Å². The number of amides is 4. The number of urea groups is 1. The van der Waals surface area contributed by atoms with Crippen LogP contribution in [0.15, 0.2) is 24.3 Å². The number of carbonyl (C=O) groups excluding carboxylic acids is 3. The van der Waals surface area contributed by atoms with Crippen molar-refractivity contribution in [3.8, 4) is 0 Å². The standard InChI is InChI=1S/C15H19N3O4/c19-10-4-8-17-15(22)16-7-3-9-18-13(20)11-5-1-2-6-12(11)14(18)21/h1-2,5-6,19H,3-4,7-10H2,(H2,16,17,22). The number of nitrogens with zero attached hydrogens (tertiary/aromatic N) is 1. The van der Waals surface area contributed by atoms with E-state index >= 15 is 0 Å². The smallest absolute Gasteiger partial charge is 0.314 e. The van der Waals surface area contributed by atoms with Gasteiger partial charge in [-0.2, -0.15) is 0 Å². The van der Waals surface area contributed by atoms with Crippen LogP contribution in [0, 0.1) is 0 Å². The van der Waals surface area contributed by atoms with E-state index in [1.165, 1.54) is 4.90 Å². The SMILES string of the molecule is O=C(NCCCO)NCCCN1C(=O)c2ccccc2C1=O. The molecule has 0 unspecified atom stereocenters. The fourth-order valence-corrected chi connectivity index (χ4v) is 2.22. The molecule has 1 aliphatic heterocycles. The van der Waals surface area contributed by atoms with Crippen LogP contribution >= 0.6 is 0 Å². The molecule has 4 amide bonds. The van der Waals surface area contributed by atoms with Gasteiger partial charge in [-0.1, -0.05) is 12.1 Å². The summed E-state index contributed by atoms with van der Waals surface area (Å²) in [4.78, 5) is 36.8. The van der Waals surface area contributed by atoms with Crippen LogP contribution < -0.4 is 10.6 Å². The first kappa shape index (κ1) is 16.0. The Bertz CT molecular complexity index is 539. The third-order valence-corrected chi connectivity index (χ3v) is 3.34. The maximum Gasteiger partial charge on any atom is 0.314 e. The molecule has 7 nitrogen and oxygen atoms in total. The third kappa shape index (κ3) is 3.62. The van der Waals surface area contributed by atoms with Gasteiger partial charge in [-0.15, -0.1) is 0 Å². The van der Waals surface area contributed by atoms with Crippen LogP contribution in [-0.4, -0.2) is 54.1 Å². The third-order valence-electron chi connectivity index (χ3n) is 3.34. The number of imide groups is 1. The lowest BCUT2D eigenvalue weighted by Gasteiger charge is -2.14. The Morgan fingerprint density at radius 2 is 1.55 bits per heavy atom.